The van der Waals surface area contributed by atoms with Crippen LogP contribution in [0.3, 0.4) is 0 Å². The minimum Gasteiger partial charge on any atom is -0.349 e. The second-order valence-electron chi connectivity index (χ2n) is 4.16. The molecule has 0 spiro atoms. The third-order valence-corrected chi connectivity index (χ3v) is 3.22. The summed E-state index contributed by atoms with van der Waals surface area (Å²) in [5.41, 5.74) is 0. The lowest BCUT2D eigenvalue weighted by atomic mass is 9.66. The minimum absolute atomic E-state index is 0.319. The summed E-state index contributed by atoms with van der Waals surface area (Å²) in [6.07, 6.45) is 1.11. The molecule has 1 N–H and O–H groups in total. The van der Waals surface area contributed by atoms with E-state index >= 15 is 0 Å². The lowest BCUT2D eigenvalue weighted by Gasteiger charge is -2.39. The van der Waals surface area contributed by atoms with Crippen LogP contribution < -0.4 is 5.32 Å². The smallest absolute Gasteiger partial charge is 0.225 e. The van der Waals surface area contributed by atoms with Gasteiger partial charge in [0.2, 0.25) is 5.91 Å². The summed E-state index contributed by atoms with van der Waals surface area (Å²) in [7, 11) is 3.69. The third kappa shape index (κ3) is 1.04. The molecule has 0 radical (unpaired) electrons. The number of carbonyl (C=O) groups excluding carboxylic acids is 1. The van der Waals surface area contributed by atoms with Crippen LogP contribution in [0.25, 0.3) is 0 Å². The highest BCUT2D eigenvalue weighted by Crippen LogP contribution is 2.43. The Kier molecular flexibility index (Phi) is 1.83. The van der Waals surface area contributed by atoms with Crippen LogP contribution in [0, 0.1) is 17.8 Å². The summed E-state index contributed by atoms with van der Waals surface area (Å²) in [5, 5.41) is 3.34. The molecular weight excluding hydrogens is 152 g/mol. The van der Waals surface area contributed by atoms with Crippen molar-refractivity contribution in [1.29, 1.82) is 0 Å². The van der Waals surface area contributed by atoms with Gasteiger partial charge < -0.3 is 10.2 Å². The average Bonchev–Trinajstić information content (AvgIpc) is 2.32. The zero-order valence-electron chi connectivity index (χ0n) is 7.71. The van der Waals surface area contributed by atoms with Gasteiger partial charge in [-0.05, 0) is 31.3 Å². The Morgan fingerprint density at radius 3 is 2.75 bits per heavy atom. The van der Waals surface area contributed by atoms with Gasteiger partial charge >= 0.3 is 0 Å². The second-order valence-corrected chi connectivity index (χ2v) is 4.16. The third-order valence-electron chi connectivity index (χ3n) is 3.22. The molecule has 1 amide bonds. The van der Waals surface area contributed by atoms with Gasteiger partial charge in [0.25, 0.3) is 0 Å². The molecule has 0 aromatic heterocycles. The first-order chi connectivity index (χ1) is 5.70. The van der Waals surface area contributed by atoms with E-state index in [1.165, 1.54) is 0 Å². The molecule has 2 rings (SSSR count). The Labute approximate surface area is 73.1 Å². The van der Waals surface area contributed by atoms with Gasteiger partial charge in [0.1, 0.15) is 0 Å². The molecule has 1 saturated carbocycles. The number of rotatable bonds is 1. The van der Waals surface area contributed by atoms with E-state index in [2.05, 4.69) is 5.32 Å². The molecule has 2 fully saturated rings. The van der Waals surface area contributed by atoms with E-state index in [-0.39, 0.29) is 0 Å². The molecule has 3 atom stereocenters. The largest absolute Gasteiger partial charge is 0.349 e. The van der Waals surface area contributed by atoms with Crippen molar-refractivity contribution in [2.45, 2.75) is 6.42 Å². The zero-order valence-corrected chi connectivity index (χ0v) is 7.71. The van der Waals surface area contributed by atoms with Crippen LogP contribution in [0.5, 0.6) is 0 Å². The van der Waals surface area contributed by atoms with Crippen molar-refractivity contribution in [1.82, 2.24) is 10.2 Å². The van der Waals surface area contributed by atoms with Crippen molar-refractivity contribution in [3.05, 3.63) is 0 Å². The topological polar surface area (TPSA) is 32.3 Å². The quantitative estimate of drug-likeness (QED) is 0.594. The van der Waals surface area contributed by atoms with Crippen molar-refractivity contribution in [2.24, 2.45) is 17.8 Å². The summed E-state index contributed by atoms with van der Waals surface area (Å²) in [6.45, 7) is 2.18. The van der Waals surface area contributed by atoms with Gasteiger partial charge in [0, 0.05) is 20.0 Å². The predicted octanol–water partition coefficient (Wildman–Crippen LogP) is -0.0699. The van der Waals surface area contributed by atoms with Crippen LogP contribution in [0.1, 0.15) is 6.42 Å². The number of carbonyl (C=O) groups is 1. The van der Waals surface area contributed by atoms with Gasteiger partial charge in [-0.15, -0.1) is 0 Å². The molecule has 3 unspecified atom stereocenters. The van der Waals surface area contributed by atoms with E-state index in [9.17, 15) is 4.79 Å². The molecular formula is C9H16N2O. The van der Waals surface area contributed by atoms with E-state index in [1.54, 1.807) is 4.90 Å². The van der Waals surface area contributed by atoms with Gasteiger partial charge in [0.15, 0.2) is 0 Å². The lowest BCUT2D eigenvalue weighted by Crippen LogP contribution is -2.45. The first kappa shape index (κ1) is 8.05. The molecule has 68 valence electrons. The molecule has 2 aliphatic rings. The number of hydrogen-bond donors (Lipinski definition) is 1. The summed E-state index contributed by atoms with van der Waals surface area (Å²) >= 11 is 0. The Morgan fingerprint density at radius 2 is 2.17 bits per heavy atom. The zero-order chi connectivity index (χ0) is 8.72. The molecule has 12 heavy (non-hydrogen) atoms. The van der Waals surface area contributed by atoms with E-state index in [1.807, 2.05) is 14.1 Å². The molecule has 1 aliphatic carbocycles. The van der Waals surface area contributed by atoms with Crippen molar-refractivity contribution >= 4 is 5.91 Å². The van der Waals surface area contributed by atoms with Gasteiger partial charge in [-0.1, -0.05) is 0 Å². The van der Waals surface area contributed by atoms with Gasteiger partial charge in [-0.25, -0.2) is 0 Å². The summed E-state index contributed by atoms with van der Waals surface area (Å²) < 4.78 is 0. The Hall–Kier alpha value is -0.570. The van der Waals surface area contributed by atoms with E-state index in [0.717, 1.165) is 25.4 Å². The monoisotopic (exact) mass is 168 g/mol. The highest BCUT2D eigenvalue weighted by atomic mass is 16.2. The normalized spacial score (nSPS) is 38.7. The first-order valence-electron chi connectivity index (χ1n) is 4.62. The number of nitrogens with zero attached hydrogens (tertiary/aromatic N) is 1. The van der Waals surface area contributed by atoms with Gasteiger partial charge in [-0.2, -0.15) is 0 Å². The fourth-order valence-electron chi connectivity index (χ4n) is 2.40. The number of amides is 1. The number of fused-ring (bicyclic) bond motifs is 1. The molecule has 0 aromatic rings. The summed E-state index contributed by atoms with van der Waals surface area (Å²) in [6, 6.07) is 0. The Bertz CT molecular complexity index is 203. The summed E-state index contributed by atoms with van der Waals surface area (Å²) in [5.74, 6) is 2.07. The highest BCUT2D eigenvalue weighted by molar-refractivity contribution is 5.79. The van der Waals surface area contributed by atoms with Crippen LogP contribution in [0.2, 0.25) is 0 Å². The molecule has 0 bridgehead atoms. The van der Waals surface area contributed by atoms with Crippen LogP contribution in [-0.4, -0.2) is 38.0 Å². The van der Waals surface area contributed by atoms with Crippen LogP contribution in [0.15, 0.2) is 0 Å². The van der Waals surface area contributed by atoms with E-state index in [4.69, 9.17) is 0 Å². The molecule has 3 heteroatoms. The van der Waals surface area contributed by atoms with Crippen LogP contribution >= 0.6 is 0 Å². The molecule has 0 aromatic carbocycles. The van der Waals surface area contributed by atoms with Crippen molar-refractivity contribution in [3.63, 3.8) is 0 Å². The van der Waals surface area contributed by atoms with E-state index in [0.29, 0.717) is 17.7 Å². The summed E-state index contributed by atoms with van der Waals surface area (Å²) in [4.78, 5) is 13.3. The van der Waals surface area contributed by atoms with Crippen molar-refractivity contribution in [2.75, 3.05) is 27.2 Å². The average molecular weight is 168 g/mol. The predicted molar refractivity (Wildman–Crippen MR) is 46.7 cm³/mol. The molecule has 1 saturated heterocycles. The maximum atomic E-state index is 11.6. The van der Waals surface area contributed by atoms with E-state index < -0.39 is 0 Å². The fourth-order valence-corrected chi connectivity index (χ4v) is 2.40. The second kappa shape index (κ2) is 2.73. The maximum absolute atomic E-state index is 11.6. The maximum Gasteiger partial charge on any atom is 0.225 e. The molecule has 3 nitrogen and oxygen atoms in total. The van der Waals surface area contributed by atoms with Gasteiger partial charge in [0.05, 0.1) is 0 Å². The number of nitrogens with one attached hydrogen (secondary N) is 1. The first-order valence-corrected chi connectivity index (χ1v) is 4.62. The number of hydrogen-bond acceptors (Lipinski definition) is 2. The molecule has 1 aliphatic heterocycles. The Morgan fingerprint density at radius 1 is 1.42 bits per heavy atom. The van der Waals surface area contributed by atoms with Crippen LogP contribution in [-0.2, 0) is 4.79 Å². The van der Waals surface area contributed by atoms with Crippen molar-refractivity contribution in [3.8, 4) is 0 Å². The molecule has 1 heterocycles. The SMILES string of the molecule is CN(C)C(=O)C1CC2CNCC21. The van der Waals surface area contributed by atoms with Crippen molar-refractivity contribution < 1.29 is 4.79 Å². The highest BCUT2D eigenvalue weighted by Gasteiger charge is 2.47. The van der Waals surface area contributed by atoms with Gasteiger partial charge in [-0.3, -0.25) is 4.79 Å². The fraction of sp³-hybridized carbons (Fsp3) is 0.889. The lowest BCUT2D eigenvalue weighted by molar-refractivity contribution is -0.140. The van der Waals surface area contributed by atoms with Crippen LogP contribution in [0.4, 0.5) is 0 Å². The standard InChI is InChI=1S/C9H16N2O/c1-11(2)9(12)7-3-6-4-10-5-8(6)7/h6-8,10H,3-5H2,1-2H3. The Balaban J connectivity index is 1.95. The minimum atomic E-state index is 0.319.